The van der Waals surface area contributed by atoms with Crippen LogP contribution in [0.5, 0.6) is 0 Å². The molecule has 1 atom stereocenters. The lowest BCUT2D eigenvalue weighted by Crippen LogP contribution is -2.46. The number of rotatable bonds is 4. The number of halogens is 1. The molecule has 0 bridgehead atoms. The first kappa shape index (κ1) is 17.8. The molecule has 1 aromatic rings. The van der Waals surface area contributed by atoms with Gasteiger partial charge in [-0.15, -0.1) is 0 Å². The molecular weight excluding hydrogens is 360 g/mol. The van der Waals surface area contributed by atoms with Crippen molar-refractivity contribution in [2.24, 2.45) is 4.99 Å². The molecule has 25 heavy (non-hydrogen) atoms. The Kier molecular flexibility index (Phi) is 5.30. The fourth-order valence-corrected chi connectivity index (χ4v) is 4.11. The number of carbonyl (C=O) groups excluding carboxylic acids is 2. The molecule has 7 heteroatoms. The summed E-state index contributed by atoms with van der Waals surface area (Å²) in [5.41, 5.74) is 1.54. The molecule has 1 fully saturated rings. The monoisotopic (exact) mass is 376 g/mol. The van der Waals surface area contributed by atoms with Crippen LogP contribution < -0.4 is 0 Å². The fraction of sp³-hybridized carbons (Fsp3) is 0.278. The highest BCUT2D eigenvalue weighted by Gasteiger charge is 2.42. The summed E-state index contributed by atoms with van der Waals surface area (Å²) in [6, 6.07) is 6.56. The van der Waals surface area contributed by atoms with Crippen LogP contribution in [0.1, 0.15) is 24.9 Å². The standard InChI is InChI=1S/C18H17ClN2O3S/c1-3-9-24-17(23)15-11(2)20-18-21(14(22)8-10-25-18)16(15)12-6-4-5-7-13(12)19/h3-7,16H,1,8-10H2,2H3. The predicted molar refractivity (Wildman–Crippen MR) is 99.4 cm³/mol. The van der Waals surface area contributed by atoms with Crippen molar-refractivity contribution in [1.29, 1.82) is 0 Å². The Bertz CT molecular complexity index is 803. The normalized spacial score (nSPS) is 20.1. The first-order chi connectivity index (χ1) is 12.0. The molecule has 0 N–H and O–H groups in total. The number of aliphatic imine (C=N–C) groups is 1. The summed E-state index contributed by atoms with van der Waals surface area (Å²) in [6.45, 7) is 5.39. The summed E-state index contributed by atoms with van der Waals surface area (Å²) in [5, 5.41) is 1.08. The van der Waals surface area contributed by atoms with Gasteiger partial charge in [-0.05, 0) is 18.6 Å². The maximum absolute atomic E-state index is 12.7. The second-order valence-electron chi connectivity index (χ2n) is 5.57. The Balaban J connectivity index is 2.15. The number of thioether (sulfide) groups is 1. The molecule has 3 rings (SSSR count). The quantitative estimate of drug-likeness (QED) is 0.593. The van der Waals surface area contributed by atoms with Gasteiger partial charge in [0.25, 0.3) is 0 Å². The minimum atomic E-state index is -0.640. The van der Waals surface area contributed by atoms with Crippen LogP contribution >= 0.6 is 23.4 Å². The molecule has 1 saturated heterocycles. The lowest BCUT2D eigenvalue weighted by atomic mass is 9.94. The summed E-state index contributed by atoms with van der Waals surface area (Å²) >= 11 is 7.88. The third kappa shape index (κ3) is 3.37. The zero-order valence-electron chi connectivity index (χ0n) is 13.7. The van der Waals surface area contributed by atoms with Gasteiger partial charge in [0.1, 0.15) is 6.61 Å². The number of allylic oxidation sites excluding steroid dienone is 1. The molecule has 0 saturated carbocycles. The molecule has 1 aromatic carbocycles. The summed E-state index contributed by atoms with van der Waals surface area (Å²) < 4.78 is 5.24. The first-order valence-corrected chi connectivity index (χ1v) is 9.17. The van der Waals surface area contributed by atoms with Gasteiger partial charge in [0.05, 0.1) is 17.3 Å². The van der Waals surface area contributed by atoms with E-state index in [0.717, 1.165) is 0 Å². The highest BCUT2D eigenvalue weighted by molar-refractivity contribution is 8.14. The van der Waals surface area contributed by atoms with Gasteiger partial charge < -0.3 is 4.74 Å². The first-order valence-electron chi connectivity index (χ1n) is 7.81. The Labute approximate surface area is 155 Å². The number of esters is 1. The van der Waals surface area contributed by atoms with Crippen molar-refractivity contribution in [3.63, 3.8) is 0 Å². The smallest absolute Gasteiger partial charge is 0.338 e. The lowest BCUT2D eigenvalue weighted by molar-refractivity contribution is -0.139. The minimum absolute atomic E-state index is 0.0797. The molecule has 1 unspecified atom stereocenters. The van der Waals surface area contributed by atoms with Gasteiger partial charge in [-0.2, -0.15) is 0 Å². The average Bonchev–Trinajstić information content (AvgIpc) is 2.59. The maximum atomic E-state index is 12.7. The van der Waals surface area contributed by atoms with E-state index in [4.69, 9.17) is 16.3 Å². The van der Waals surface area contributed by atoms with Crippen LogP contribution in [0, 0.1) is 0 Å². The number of carbonyl (C=O) groups is 2. The molecule has 1 amide bonds. The topological polar surface area (TPSA) is 59.0 Å². The zero-order chi connectivity index (χ0) is 18.0. The largest absolute Gasteiger partial charge is 0.458 e. The van der Waals surface area contributed by atoms with Crippen LogP contribution in [0.15, 0.2) is 53.2 Å². The van der Waals surface area contributed by atoms with Crippen molar-refractivity contribution in [3.8, 4) is 0 Å². The van der Waals surface area contributed by atoms with E-state index in [-0.39, 0.29) is 12.5 Å². The van der Waals surface area contributed by atoms with Gasteiger partial charge in [0.2, 0.25) is 5.91 Å². The zero-order valence-corrected chi connectivity index (χ0v) is 15.3. The van der Waals surface area contributed by atoms with E-state index in [2.05, 4.69) is 11.6 Å². The summed E-state index contributed by atoms with van der Waals surface area (Å²) in [7, 11) is 0. The van der Waals surface area contributed by atoms with Crippen LogP contribution in [0.3, 0.4) is 0 Å². The molecule has 0 aromatic heterocycles. The minimum Gasteiger partial charge on any atom is -0.458 e. The summed E-state index contributed by atoms with van der Waals surface area (Å²) in [5.74, 6) is 0.0739. The van der Waals surface area contributed by atoms with Crippen molar-refractivity contribution in [2.75, 3.05) is 12.4 Å². The Morgan fingerprint density at radius 2 is 2.28 bits per heavy atom. The number of amides is 1. The highest BCUT2D eigenvalue weighted by Crippen LogP contribution is 2.42. The molecule has 130 valence electrons. The Morgan fingerprint density at radius 1 is 1.52 bits per heavy atom. The van der Waals surface area contributed by atoms with Gasteiger partial charge >= 0.3 is 5.97 Å². The average molecular weight is 377 g/mol. The molecule has 2 aliphatic heterocycles. The fourth-order valence-electron chi connectivity index (χ4n) is 2.86. The Hall–Kier alpha value is -2.05. The van der Waals surface area contributed by atoms with E-state index in [1.807, 2.05) is 18.2 Å². The van der Waals surface area contributed by atoms with Crippen LogP contribution in [0.25, 0.3) is 0 Å². The van der Waals surface area contributed by atoms with E-state index in [1.54, 1.807) is 17.9 Å². The van der Waals surface area contributed by atoms with Crippen molar-refractivity contribution in [1.82, 2.24) is 4.90 Å². The number of benzene rings is 1. The van der Waals surface area contributed by atoms with Crippen molar-refractivity contribution in [2.45, 2.75) is 19.4 Å². The van der Waals surface area contributed by atoms with Crippen molar-refractivity contribution < 1.29 is 14.3 Å². The maximum Gasteiger partial charge on any atom is 0.338 e. The number of hydrogen-bond donors (Lipinski definition) is 0. The van der Waals surface area contributed by atoms with Crippen molar-refractivity contribution >= 4 is 40.4 Å². The number of nitrogens with zero attached hydrogens (tertiary/aromatic N) is 2. The van der Waals surface area contributed by atoms with E-state index >= 15 is 0 Å². The lowest BCUT2D eigenvalue weighted by Gasteiger charge is -2.39. The molecular formula is C18H17ClN2O3S. The molecule has 0 aliphatic carbocycles. The molecule has 0 radical (unpaired) electrons. The predicted octanol–water partition coefficient (Wildman–Crippen LogP) is 3.72. The second-order valence-corrected chi connectivity index (χ2v) is 7.04. The molecule has 0 spiro atoms. The van der Waals surface area contributed by atoms with E-state index in [9.17, 15) is 9.59 Å². The summed E-state index contributed by atoms with van der Waals surface area (Å²) in [4.78, 5) is 31.3. The highest BCUT2D eigenvalue weighted by atomic mass is 35.5. The number of hydrogen-bond acceptors (Lipinski definition) is 5. The van der Waals surface area contributed by atoms with Crippen LogP contribution in [-0.2, 0) is 14.3 Å². The Morgan fingerprint density at radius 3 is 3.00 bits per heavy atom. The molecule has 2 aliphatic rings. The second kappa shape index (κ2) is 7.45. The molecule has 2 heterocycles. The third-order valence-electron chi connectivity index (χ3n) is 3.96. The van der Waals surface area contributed by atoms with E-state index < -0.39 is 12.0 Å². The van der Waals surface area contributed by atoms with Crippen LogP contribution in [0.4, 0.5) is 0 Å². The van der Waals surface area contributed by atoms with Crippen LogP contribution in [-0.4, -0.2) is 34.3 Å². The van der Waals surface area contributed by atoms with E-state index in [0.29, 0.717) is 39.2 Å². The van der Waals surface area contributed by atoms with Gasteiger partial charge in [0.15, 0.2) is 5.17 Å². The van der Waals surface area contributed by atoms with Crippen LogP contribution in [0.2, 0.25) is 5.02 Å². The van der Waals surface area contributed by atoms with Gasteiger partial charge in [-0.1, -0.05) is 54.2 Å². The summed E-state index contributed by atoms with van der Waals surface area (Å²) in [6.07, 6.45) is 1.89. The third-order valence-corrected chi connectivity index (χ3v) is 5.26. The SMILES string of the molecule is C=CCOC(=O)C1=C(C)N=C2SCCC(=O)N2C1c1ccccc1Cl. The van der Waals surface area contributed by atoms with Gasteiger partial charge in [0, 0.05) is 17.2 Å². The molecule has 5 nitrogen and oxygen atoms in total. The number of ether oxygens (including phenoxy) is 1. The van der Waals surface area contributed by atoms with E-state index in [1.165, 1.54) is 17.8 Å². The van der Waals surface area contributed by atoms with Gasteiger partial charge in [-0.25, -0.2) is 9.79 Å². The van der Waals surface area contributed by atoms with Crippen molar-refractivity contribution in [3.05, 3.63) is 58.8 Å². The number of amidine groups is 1. The van der Waals surface area contributed by atoms with Gasteiger partial charge in [-0.3, -0.25) is 9.69 Å². The number of fused-ring (bicyclic) bond motifs is 1.